The molecule has 4 aromatic rings. The standard InChI is InChI=1S/C26H23N3O3S/c1-28(26(32)23-9-6-16-33-23)22-8-3-2-7-21(22)25(31)27-17-19-11-13-20(14-12-19)18-29-15-5-4-10-24(29)30/h2-16H,17-18H2,1H3,(H,27,31). The van der Waals surface area contributed by atoms with Gasteiger partial charge in [-0.1, -0.05) is 48.5 Å². The molecule has 33 heavy (non-hydrogen) atoms. The first-order valence-electron chi connectivity index (χ1n) is 10.4. The van der Waals surface area contributed by atoms with Crippen LogP contribution >= 0.6 is 11.3 Å². The quantitative estimate of drug-likeness (QED) is 0.453. The molecule has 2 aromatic carbocycles. The molecule has 1 N–H and O–H groups in total. The monoisotopic (exact) mass is 457 g/mol. The molecule has 4 rings (SSSR count). The number of nitrogens with zero attached hydrogens (tertiary/aromatic N) is 2. The molecular formula is C26H23N3O3S. The van der Waals surface area contributed by atoms with Gasteiger partial charge in [0.15, 0.2) is 0 Å². The maximum atomic E-state index is 12.9. The van der Waals surface area contributed by atoms with Crippen LogP contribution in [0, 0.1) is 0 Å². The van der Waals surface area contributed by atoms with E-state index in [2.05, 4.69) is 5.32 Å². The van der Waals surface area contributed by atoms with Crippen molar-refractivity contribution in [2.45, 2.75) is 13.1 Å². The lowest BCUT2D eigenvalue weighted by atomic mass is 10.1. The fourth-order valence-corrected chi connectivity index (χ4v) is 4.16. The molecule has 0 radical (unpaired) electrons. The molecule has 7 heteroatoms. The Morgan fingerprint density at radius 3 is 2.36 bits per heavy atom. The minimum absolute atomic E-state index is 0.0463. The predicted molar refractivity (Wildman–Crippen MR) is 131 cm³/mol. The van der Waals surface area contributed by atoms with Gasteiger partial charge >= 0.3 is 0 Å². The number of aromatic nitrogens is 1. The van der Waals surface area contributed by atoms with Crippen LogP contribution in [0.15, 0.2) is 95.2 Å². The van der Waals surface area contributed by atoms with E-state index in [0.717, 1.165) is 11.1 Å². The second-order valence-corrected chi connectivity index (χ2v) is 8.47. The van der Waals surface area contributed by atoms with Crippen LogP contribution in [-0.4, -0.2) is 23.4 Å². The summed E-state index contributed by atoms with van der Waals surface area (Å²) in [5.74, 6) is -0.408. The number of rotatable bonds is 7. The van der Waals surface area contributed by atoms with Gasteiger partial charge in [0.2, 0.25) is 0 Å². The summed E-state index contributed by atoms with van der Waals surface area (Å²) in [5, 5.41) is 4.78. The van der Waals surface area contributed by atoms with Crippen LogP contribution in [0.4, 0.5) is 5.69 Å². The Morgan fingerprint density at radius 2 is 1.64 bits per heavy atom. The van der Waals surface area contributed by atoms with E-state index in [1.165, 1.54) is 22.3 Å². The molecule has 2 amide bonds. The Kier molecular flexibility index (Phi) is 6.80. The Bertz CT molecular complexity index is 1310. The summed E-state index contributed by atoms with van der Waals surface area (Å²) in [4.78, 5) is 39.6. The van der Waals surface area contributed by atoms with Gasteiger partial charge in [-0.05, 0) is 40.8 Å². The number of para-hydroxylation sites is 1. The molecule has 0 aliphatic rings. The Balaban J connectivity index is 1.42. The third-order valence-electron chi connectivity index (χ3n) is 5.27. The van der Waals surface area contributed by atoms with Gasteiger partial charge in [-0.2, -0.15) is 0 Å². The highest BCUT2D eigenvalue weighted by molar-refractivity contribution is 7.12. The van der Waals surface area contributed by atoms with Gasteiger partial charge in [-0.3, -0.25) is 14.4 Å². The molecule has 0 atom stereocenters. The van der Waals surface area contributed by atoms with Gasteiger partial charge in [-0.15, -0.1) is 11.3 Å². The van der Waals surface area contributed by atoms with E-state index in [1.807, 2.05) is 41.8 Å². The zero-order chi connectivity index (χ0) is 23.2. The highest BCUT2D eigenvalue weighted by Gasteiger charge is 2.20. The maximum absolute atomic E-state index is 12.9. The van der Waals surface area contributed by atoms with Crippen molar-refractivity contribution in [1.29, 1.82) is 0 Å². The van der Waals surface area contributed by atoms with Crippen molar-refractivity contribution in [1.82, 2.24) is 9.88 Å². The molecule has 0 saturated heterocycles. The third-order valence-corrected chi connectivity index (χ3v) is 6.13. The van der Waals surface area contributed by atoms with Gasteiger partial charge in [0, 0.05) is 25.9 Å². The largest absolute Gasteiger partial charge is 0.348 e. The zero-order valence-electron chi connectivity index (χ0n) is 18.1. The number of thiophene rings is 1. The highest BCUT2D eigenvalue weighted by atomic mass is 32.1. The van der Waals surface area contributed by atoms with Crippen LogP contribution in [0.25, 0.3) is 0 Å². The molecule has 0 unspecified atom stereocenters. The predicted octanol–water partition coefficient (Wildman–Crippen LogP) is 4.16. The van der Waals surface area contributed by atoms with Gasteiger partial charge in [-0.25, -0.2) is 0 Å². The number of hydrogen-bond donors (Lipinski definition) is 1. The van der Waals surface area contributed by atoms with Crippen LogP contribution in [0.2, 0.25) is 0 Å². The molecule has 6 nitrogen and oxygen atoms in total. The van der Waals surface area contributed by atoms with Crippen LogP contribution in [0.1, 0.15) is 31.2 Å². The second kappa shape index (κ2) is 10.1. The van der Waals surface area contributed by atoms with Crippen LogP contribution in [0.3, 0.4) is 0 Å². The molecule has 0 saturated carbocycles. The summed E-state index contributed by atoms with van der Waals surface area (Å²) in [6.07, 6.45) is 1.76. The number of hydrogen-bond acceptors (Lipinski definition) is 4. The Hall–Kier alpha value is -3.97. The fourth-order valence-electron chi connectivity index (χ4n) is 3.46. The van der Waals surface area contributed by atoms with E-state index in [1.54, 1.807) is 54.2 Å². The number of nitrogens with one attached hydrogen (secondary N) is 1. The molecule has 0 aliphatic carbocycles. The van der Waals surface area contributed by atoms with E-state index in [-0.39, 0.29) is 17.4 Å². The molecular weight excluding hydrogens is 434 g/mol. The number of pyridine rings is 1. The molecule has 0 bridgehead atoms. The SMILES string of the molecule is CN(C(=O)c1cccs1)c1ccccc1C(=O)NCc1ccc(Cn2ccccc2=O)cc1. The van der Waals surface area contributed by atoms with E-state index in [9.17, 15) is 14.4 Å². The summed E-state index contributed by atoms with van der Waals surface area (Å²) in [6, 6.07) is 23.5. The first-order valence-corrected chi connectivity index (χ1v) is 11.3. The minimum atomic E-state index is -0.253. The first kappa shape index (κ1) is 22.2. The summed E-state index contributed by atoms with van der Waals surface area (Å²) in [5.41, 5.74) is 2.88. The van der Waals surface area contributed by atoms with Gasteiger partial charge in [0.1, 0.15) is 0 Å². The molecule has 0 spiro atoms. The van der Waals surface area contributed by atoms with Crippen molar-refractivity contribution in [2.24, 2.45) is 0 Å². The molecule has 2 heterocycles. The molecule has 0 aliphatic heterocycles. The van der Waals surface area contributed by atoms with Gasteiger partial charge in [0.25, 0.3) is 17.4 Å². The highest BCUT2D eigenvalue weighted by Crippen LogP contribution is 2.22. The van der Waals surface area contributed by atoms with Crippen molar-refractivity contribution in [3.05, 3.63) is 122 Å². The summed E-state index contributed by atoms with van der Waals surface area (Å²) in [6.45, 7) is 0.839. The number of carbonyl (C=O) groups excluding carboxylic acids is 2. The lowest BCUT2D eigenvalue weighted by Gasteiger charge is -2.20. The van der Waals surface area contributed by atoms with Crippen molar-refractivity contribution in [3.8, 4) is 0 Å². The van der Waals surface area contributed by atoms with E-state index >= 15 is 0 Å². The van der Waals surface area contributed by atoms with Crippen molar-refractivity contribution < 1.29 is 9.59 Å². The fraction of sp³-hybridized carbons (Fsp3) is 0.115. The first-order chi connectivity index (χ1) is 16.0. The number of anilines is 1. The van der Waals surface area contributed by atoms with Gasteiger partial charge < -0.3 is 14.8 Å². The number of carbonyl (C=O) groups is 2. The van der Waals surface area contributed by atoms with E-state index in [0.29, 0.717) is 29.2 Å². The normalized spacial score (nSPS) is 10.6. The third kappa shape index (κ3) is 5.27. The lowest BCUT2D eigenvalue weighted by molar-refractivity contribution is 0.0951. The number of amides is 2. The Labute approximate surface area is 195 Å². The van der Waals surface area contributed by atoms with Crippen LogP contribution in [0.5, 0.6) is 0 Å². The lowest BCUT2D eigenvalue weighted by Crippen LogP contribution is -2.30. The van der Waals surface area contributed by atoms with Crippen LogP contribution < -0.4 is 15.8 Å². The molecule has 2 aromatic heterocycles. The average Bonchev–Trinajstić information content (AvgIpc) is 3.39. The van der Waals surface area contributed by atoms with Crippen molar-refractivity contribution in [3.63, 3.8) is 0 Å². The van der Waals surface area contributed by atoms with Crippen molar-refractivity contribution in [2.75, 3.05) is 11.9 Å². The van der Waals surface area contributed by atoms with Crippen molar-refractivity contribution >= 4 is 28.8 Å². The summed E-state index contributed by atoms with van der Waals surface area (Å²) < 4.78 is 1.64. The smallest absolute Gasteiger partial charge is 0.268 e. The maximum Gasteiger partial charge on any atom is 0.268 e. The summed E-state index contributed by atoms with van der Waals surface area (Å²) >= 11 is 1.37. The topological polar surface area (TPSA) is 71.4 Å². The second-order valence-electron chi connectivity index (χ2n) is 7.52. The van der Waals surface area contributed by atoms with E-state index in [4.69, 9.17) is 0 Å². The Morgan fingerprint density at radius 1 is 0.909 bits per heavy atom. The molecule has 166 valence electrons. The van der Waals surface area contributed by atoms with Crippen LogP contribution in [-0.2, 0) is 13.1 Å². The zero-order valence-corrected chi connectivity index (χ0v) is 18.9. The van der Waals surface area contributed by atoms with Gasteiger partial charge in [0.05, 0.1) is 22.7 Å². The van der Waals surface area contributed by atoms with E-state index < -0.39 is 0 Å². The minimum Gasteiger partial charge on any atom is -0.348 e. The average molecular weight is 458 g/mol. The number of benzene rings is 2. The summed E-state index contributed by atoms with van der Waals surface area (Å²) in [7, 11) is 1.67. The molecule has 0 fully saturated rings.